The molecule has 0 N–H and O–H groups in total. The van der Waals surface area contributed by atoms with Crippen LogP contribution in [0.1, 0.15) is 10.4 Å². The monoisotopic (exact) mass is 240 g/mol. The molecular weight excluding hydrogens is 235 g/mol. The molecule has 0 radical (unpaired) electrons. The molecule has 2 aromatic rings. The van der Waals surface area contributed by atoms with E-state index in [0.29, 0.717) is 21.3 Å². The van der Waals surface area contributed by atoms with Crippen LogP contribution in [-0.2, 0) is 0 Å². The zero-order valence-corrected chi connectivity index (χ0v) is 9.03. The van der Waals surface area contributed by atoms with Crippen molar-refractivity contribution in [2.24, 2.45) is 0 Å². The normalized spacial score (nSPS) is 10.3. The number of rotatable bonds is 2. The Hall–Kier alpha value is -1.32. The van der Waals surface area contributed by atoms with Crippen LogP contribution >= 0.6 is 23.2 Å². The minimum absolute atomic E-state index is 0.458. The summed E-state index contributed by atoms with van der Waals surface area (Å²) in [6, 6.07) is 5.07. The molecule has 0 spiro atoms. The number of aldehydes is 1. The van der Waals surface area contributed by atoms with Crippen molar-refractivity contribution in [3.8, 4) is 5.69 Å². The topological polar surface area (TPSA) is 34.9 Å². The van der Waals surface area contributed by atoms with Crippen LogP contribution in [-0.4, -0.2) is 16.1 Å². The zero-order chi connectivity index (χ0) is 10.8. The van der Waals surface area contributed by atoms with Crippen LogP contribution in [0.25, 0.3) is 5.69 Å². The Balaban J connectivity index is 2.65. The first-order valence-electron chi connectivity index (χ1n) is 4.16. The van der Waals surface area contributed by atoms with Crippen molar-refractivity contribution in [2.75, 3.05) is 0 Å². The molecule has 0 amide bonds. The Morgan fingerprint density at radius 1 is 1.33 bits per heavy atom. The fourth-order valence-electron chi connectivity index (χ4n) is 1.29. The fraction of sp³-hybridized carbons (Fsp3) is 0. The van der Waals surface area contributed by atoms with Gasteiger partial charge in [0.2, 0.25) is 0 Å². The molecule has 2 rings (SSSR count). The molecule has 0 fully saturated rings. The van der Waals surface area contributed by atoms with E-state index in [1.165, 1.54) is 10.9 Å². The molecule has 0 bridgehead atoms. The van der Waals surface area contributed by atoms with Gasteiger partial charge in [-0.2, -0.15) is 5.10 Å². The van der Waals surface area contributed by atoms with Gasteiger partial charge in [0.1, 0.15) is 0 Å². The van der Waals surface area contributed by atoms with Crippen molar-refractivity contribution in [3.63, 3.8) is 0 Å². The lowest BCUT2D eigenvalue weighted by atomic mass is 10.2. The molecule has 0 saturated carbocycles. The lowest BCUT2D eigenvalue weighted by molar-refractivity contribution is 0.112. The van der Waals surface area contributed by atoms with Crippen LogP contribution in [0.4, 0.5) is 0 Å². The molecule has 5 heteroatoms. The van der Waals surface area contributed by atoms with Crippen LogP contribution in [0.2, 0.25) is 10.0 Å². The van der Waals surface area contributed by atoms with Gasteiger partial charge in [0.25, 0.3) is 0 Å². The molecular formula is C10H6Cl2N2O. The maximum Gasteiger partial charge on any atom is 0.152 e. The number of aromatic nitrogens is 2. The lowest BCUT2D eigenvalue weighted by Gasteiger charge is -2.06. The third-order valence-corrected chi connectivity index (χ3v) is 2.43. The van der Waals surface area contributed by atoms with E-state index < -0.39 is 0 Å². The molecule has 0 saturated heterocycles. The highest BCUT2D eigenvalue weighted by atomic mass is 35.5. The molecule has 1 aromatic carbocycles. The molecule has 15 heavy (non-hydrogen) atoms. The summed E-state index contributed by atoms with van der Waals surface area (Å²) >= 11 is 11.7. The largest absolute Gasteiger partial charge is 0.298 e. The highest BCUT2D eigenvalue weighted by Gasteiger charge is 2.09. The molecule has 1 aromatic heterocycles. The van der Waals surface area contributed by atoms with E-state index in [9.17, 15) is 4.79 Å². The summed E-state index contributed by atoms with van der Waals surface area (Å²) in [7, 11) is 0. The summed E-state index contributed by atoms with van der Waals surface area (Å²) in [5.74, 6) is 0. The number of hydrogen-bond donors (Lipinski definition) is 0. The standard InChI is InChI=1S/C10H6Cl2N2O/c11-8-4-13-14(5-8)10-7(6-15)2-1-3-9(10)12/h1-6H. The van der Waals surface area contributed by atoms with Crippen molar-refractivity contribution >= 4 is 29.5 Å². The number of benzene rings is 1. The molecule has 76 valence electrons. The van der Waals surface area contributed by atoms with E-state index >= 15 is 0 Å². The second-order valence-electron chi connectivity index (χ2n) is 2.90. The quantitative estimate of drug-likeness (QED) is 0.757. The van der Waals surface area contributed by atoms with E-state index in [0.717, 1.165) is 6.29 Å². The summed E-state index contributed by atoms with van der Waals surface area (Å²) in [4.78, 5) is 10.8. The van der Waals surface area contributed by atoms with Gasteiger partial charge in [-0.25, -0.2) is 4.68 Å². The minimum atomic E-state index is 0.458. The van der Waals surface area contributed by atoms with Crippen molar-refractivity contribution in [3.05, 3.63) is 46.2 Å². The first kappa shape index (κ1) is 10.2. The number of hydrogen-bond acceptors (Lipinski definition) is 2. The second kappa shape index (κ2) is 4.04. The Morgan fingerprint density at radius 3 is 2.73 bits per heavy atom. The van der Waals surface area contributed by atoms with Crippen LogP contribution in [0.3, 0.4) is 0 Å². The van der Waals surface area contributed by atoms with E-state index in [-0.39, 0.29) is 0 Å². The van der Waals surface area contributed by atoms with Crippen molar-refractivity contribution in [2.45, 2.75) is 0 Å². The van der Waals surface area contributed by atoms with Gasteiger partial charge in [-0.3, -0.25) is 4.79 Å². The third-order valence-electron chi connectivity index (χ3n) is 1.93. The third kappa shape index (κ3) is 1.89. The van der Waals surface area contributed by atoms with Crippen molar-refractivity contribution in [1.29, 1.82) is 0 Å². The average molecular weight is 241 g/mol. The van der Waals surface area contributed by atoms with Gasteiger partial charge in [-0.15, -0.1) is 0 Å². The average Bonchev–Trinajstić information content (AvgIpc) is 2.64. The van der Waals surface area contributed by atoms with Crippen LogP contribution in [0.5, 0.6) is 0 Å². The van der Waals surface area contributed by atoms with Gasteiger partial charge in [-0.1, -0.05) is 29.3 Å². The molecule has 1 heterocycles. The van der Waals surface area contributed by atoms with Gasteiger partial charge in [0, 0.05) is 11.8 Å². The maximum atomic E-state index is 10.8. The summed E-state index contributed by atoms with van der Waals surface area (Å²) < 4.78 is 1.48. The van der Waals surface area contributed by atoms with Gasteiger partial charge in [0.05, 0.1) is 21.9 Å². The molecule has 0 aliphatic carbocycles. The summed E-state index contributed by atoms with van der Waals surface area (Å²) in [6.45, 7) is 0. The fourth-order valence-corrected chi connectivity index (χ4v) is 1.70. The predicted molar refractivity (Wildman–Crippen MR) is 59.0 cm³/mol. The van der Waals surface area contributed by atoms with Gasteiger partial charge in [0.15, 0.2) is 6.29 Å². The summed E-state index contributed by atoms with van der Waals surface area (Å²) in [5.41, 5.74) is 1.02. The highest BCUT2D eigenvalue weighted by molar-refractivity contribution is 6.33. The number of halogens is 2. The van der Waals surface area contributed by atoms with Gasteiger partial charge >= 0.3 is 0 Å². The Labute approximate surface area is 96.2 Å². The molecule has 3 nitrogen and oxygen atoms in total. The van der Waals surface area contributed by atoms with E-state index in [1.54, 1.807) is 24.4 Å². The van der Waals surface area contributed by atoms with Crippen molar-refractivity contribution in [1.82, 2.24) is 9.78 Å². The first-order chi connectivity index (χ1) is 7.22. The Morgan fingerprint density at radius 2 is 2.13 bits per heavy atom. The smallest absolute Gasteiger partial charge is 0.152 e. The van der Waals surface area contributed by atoms with Crippen LogP contribution in [0.15, 0.2) is 30.6 Å². The summed E-state index contributed by atoms with van der Waals surface area (Å²) in [5, 5.41) is 4.95. The minimum Gasteiger partial charge on any atom is -0.298 e. The number of para-hydroxylation sites is 1. The molecule has 0 aliphatic heterocycles. The predicted octanol–water partition coefficient (Wildman–Crippen LogP) is 2.99. The Kier molecular flexibility index (Phi) is 2.75. The Bertz CT molecular complexity index is 508. The van der Waals surface area contributed by atoms with Gasteiger partial charge in [-0.05, 0) is 12.1 Å². The lowest BCUT2D eigenvalue weighted by Crippen LogP contribution is -2.00. The van der Waals surface area contributed by atoms with E-state index in [2.05, 4.69) is 5.10 Å². The number of carbonyl (C=O) groups excluding carboxylic acids is 1. The van der Waals surface area contributed by atoms with Crippen molar-refractivity contribution < 1.29 is 4.79 Å². The summed E-state index contributed by atoms with van der Waals surface area (Å²) in [6.07, 6.45) is 3.81. The first-order valence-corrected chi connectivity index (χ1v) is 4.92. The van der Waals surface area contributed by atoms with Crippen LogP contribution < -0.4 is 0 Å². The maximum absolute atomic E-state index is 10.8. The van der Waals surface area contributed by atoms with E-state index in [1.807, 2.05) is 0 Å². The van der Waals surface area contributed by atoms with Crippen LogP contribution in [0, 0.1) is 0 Å². The molecule has 0 aliphatic rings. The molecule has 0 unspecified atom stereocenters. The second-order valence-corrected chi connectivity index (χ2v) is 3.74. The zero-order valence-electron chi connectivity index (χ0n) is 7.52. The molecule has 0 atom stereocenters. The highest BCUT2D eigenvalue weighted by Crippen LogP contribution is 2.23. The van der Waals surface area contributed by atoms with E-state index in [4.69, 9.17) is 23.2 Å². The van der Waals surface area contributed by atoms with Gasteiger partial charge < -0.3 is 0 Å². The SMILES string of the molecule is O=Cc1cccc(Cl)c1-n1cc(Cl)cn1. The number of carbonyl (C=O) groups is 1. The number of nitrogens with zero attached hydrogens (tertiary/aromatic N) is 2.